The number of pyridine rings is 1. The Morgan fingerprint density at radius 3 is 3.07 bits per heavy atom. The van der Waals surface area contributed by atoms with Crippen molar-refractivity contribution in [3.63, 3.8) is 0 Å². The molecule has 0 aromatic carbocycles. The molecule has 14 heavy (non-hydrogen) atoms. The van der Waals surface area contributed by atoms with E-state index >= 15 is 0 Å². The second kappa shape index (κ2) is 3.84. The first kappa shape index (κ1) is 9.27. The molecule has 4 heteroatoms. The van der Waals surface area contributed by atoms with Gasteiger partial charge in [-0.2, -0.15) is 0 Å². The van der Waals surface area contributed by atoms with Crippen molar-refractivity contribution in [1.82, 2.24) is 4.98 Å². The Morgan fingerprint density at radius 2 is 2.36 bits per heavy atom. The van der Waals surface area contributed by atoms with Gasteiger partial charge in [-0.15, -0.1) is 0 Å². The second-order valence-corrected chi connectivity index (χ2v) is 3.78. The molecule has 0 bridgehead atoms. The van der Waals surface area contributed by atoms with E-state index in [1.807, 2.05) is 12.3 Å². The zero-order valence-corrected chi connectivity index (χ0v) is 8.19. The summed E-state index contributed by atoms with van der Waals surface area (Å²) in [6, 6.07) is 2.10. The Balaban J connectivity index is 2.18. The molecule has 1 aliphatic rings. The molecule has 0 spiro atoms. The van der Waals surface area contributed by atoms with Crippen molar-refractivity contribution in [3.8, 4) is 0 Å². The Morgan fingerprint density at radius 1 is 1.50 bits per heavy atom. The minimum absolute atomic E-state index is 0.267. The van der Waals surface area contributed by atoms with Crippen LogP contribution in [0.15, 0.2) is 18.5 Å². The quantitative estimate of drug-likeness (QED) is 0.683. The molecule has 0 aliphatic carbocycles. The molecule has 1 atom stereocenters. The summed E-state index contributed by atoms with van der Waals surface area (Å²) in [6.45, 7) is 1.92. The third-order valence-corrected chi connectivity index (χ3v) is 2.63. The molecule has 0 amide bonds. The van der Waals surface area contributed by atoms with Crippen molar-refractivity contribution in [1.29, 1.82) is 0 Å². The highest BCUT2D eigenvalue weighted by molar-refractivity contribution is 5.66. The lowest BCUT2D eigenvalue weighted by atomic mass is 10.1. The van der Waals surface area contributed by atoms with Crippen molar-refractivity contribution in [2.24, 2.45) is 5.73 Å². The minimum atomic E-state index is 0.267. The van der Waals surface area contributed by atoms with Gasteiger partial charge in [0, 0.05) is 25.3 Å². The molecule has 2 rings (SSSR count). The first-order valence-corrected chi connectivity index (χ1v) is 4.97. The monoisotopic (exact) mass is 192 g/mol. The van der Waals surface area contributed by atoms with Crippen molar-refractivity contribution in [2.45, 2.75) is 18.9 Å². The van der Waals surface area contributed by atoms with E-state index in [-0.39, 0.29) is 6.04 Å². The highest BCUT2D eigenvalue weighted by Gasteiger charge is 2.18. The van der Waals surface area contributed by atoms with Crippen LogP contribution in [0.4, 0.5) is 11.4 Å². The van der Waals surface area contributed by atoms with Crippen LogP contribution >= 0.6 is 0 Å². The van der Waals surface area contributed by atoms with Crippen molar-refractivity contribution in [3.05, 3.63) is 18.5 Å². The maximum atomic E-state index is 5.91. The van der Waals surface area contributed by atoms with E-state index in [1.54, 1.807) is 6.20 Å². The lowest BCUT2D eigenvalue weighted by Crippen LogP contribution is -2.43. The highest BCUT2D eigenvalue weighted by atomic mass is 15.2. The van der Waals surface area contributed by atoms with Crippen LogP contribution < -0.4 is 16.4 Å². The van der Waals surface area contributed by atoms with E-state index in [1.165, 1.54) is 0 Å². The molecular formula is C10H16N4. The average Bonchev–Trinajstić information content (AvgIpc) is 2.18. The van der Waals surface area contributed by atoms with Gasteiger partial charge in [-0.1, -0.05) is 0 Å². The fourth-order valence-electron chi connectivity index (χ4n) is 1.89. The molecule has 4 N–H and O–H groups in total. The molecule has 1 aromatic heterocycles. The number of piperidine rings is 1. The maximum Gasteiger partial charge on any atom is 0.0786 e. The number of nitrogens with two attached hydrogens (primary N) is 2. The first-order chi connectivity index (χ1) is 6.77. The SMILES string of the molecule is Nc1ccncc1N1CCCC(N)C1. The van der Waals surface area contributed by atoms with E-state index in [0.717, 1.165) is 37.3 Å². The third-order valence-electron chi connectivity index (χ3n) is 2.63. The molecule has 1 fully saturated rings. The predicted molar refractivity (Wildman–Crippen MR) is 58.1 cm³/mol. The first-order valence-electron chi connectivity index (χ1n) is 4.97. The molecule has 0 saturated carbocycles. The standard InChI is InChI=1S/C10H16N4/c11-8-2-1-5-14(7-8)10-6-13-4-3-9(10)12/h3-4,6,8H,1-2,5,7,11H2,(H2,12,13). The number of aromatic nitrogens is 1. The van der Waals surface area contributed by atoms with Gasteiger partial charge in [-0.05, 0) is 18.9 Å². The largest absolute Gasteiger partial charge is 0.397 e. The summed E-state index contributed by atoms with van der Waals surface area (Å²) >= 11 is 0. The molecule has 4 nitrogen and oxygen atoms in total. The molecule has 2 heterocycles. The van der Waals surface area contributed by atoms with Gasteiger partial charge in [0.1, 0.15) is 0 Å². The Hall–Kier alpha value is -1.29. The number of hydrogen-bond donors (Lipinski definition) is 2. The minimum Gasteiger partial charge on any atom is -0.397 e. The summed E-state index contributed by atoms with van der Waals surface area (Å²) in [5.41, 5.74) is 13.6. The van der Waals surface area contributed by atoms with E-state index in [2.05, 4.69) is 9.88 Å². The van der Waals surface area contributed by atoms with E-state index in [4.69, 9.17) is 11.5 Å². The number of anilines is 2. The van der Waals surface area contributed by atoms with Gasteiger partial charge in [-0.25, -0.2) is 0 Å². The van der Waals surface area contributed by atoms with Gasteiger partial charge in [0.15, 0.2) is 0 Å². The number of hydrogen-bond acceptors (Lipinski definition) is 4. The van der Waals surface area contributed by atoms with Crippen LogP contribution in [-0.4, -0.2) is 24.1 Å². The molecular weight excluding hydrogens is 176 g/mol. The highest BCUT2D eigenvalue weighted by Crippen LogP contribution is 2.24. The molecule has 1 aromatic rings. The van der Waals surface area contributed by atoms with Gasteiger partial charge in [0.05, 0.1) is 17.6 Å². The Kier molecular flexibility index (Phi) is 2.54. The number of nitrogen functional groups attached to an aromatic ring is 1. The zero-order chi connectivity index (χ0) is 9.97. The molecule has 1 unspecified atom stereocenters. The van der Waals surface area contributed by atoms with Gasteiger partial charge in [-0.3, -0.25) is 4.98 Å². The van der Waals surface area contributed by atoms with Crippen LogP contribution in [0.25, 0.3) is 0 Å². The van der Waals surface area contributed by atoms with Crippen LogP contribution in [0.5, 0.6) is 0 Å². The second-order valence-electron chi connectivity index (χ2n) is 3.78. The normalized spacial score (nSPS) is 22.4. The van der Waals surface area contributed by atoms with E-state index in [9.17, 15) is 0 Å². The molecule has 0 radical (unpaired) electrons. The van der Waals surface area contributed by atoms with E-state index in [0.29, 0.717) is 0 Å². The van der Waals surface area contributed by atoms with Crippen LogP contribution in [-0.2, 0) is 0 Å². The lowest BCUT2D eigenvalue weighted by molar-refractivity contribution is 0.506. The summed E-state index contributed by atoms with van der Waals surface area (Å²) in [7, 11) is 0. The predicted octanol–water partition coefficient (Wildman–Crippen LogP) is 0.591. The summed E-state index contributed by atoms with van der Waals surface area (Å²) in [5, 5.41) is 0. The fourth-order valence-corrected chi connectivity index (χ4v) is 1.89. The van der Waals surface area contributed by atoms with Gasteiger partial charge < -0.3 is 16.4 Å². The topological polar surface area (TPSA) is 68.2 Å². The maximum absolute atomic E-state index is 5.91. The van der Waals surface area contributed by atoms with Crippen molar-refractivity contribution >= 4 is 11.4 Å². The van der Waals surface area contributed by atoms with Crippen LogP contribution in [0.2, 0.25) is 0 Å². The molecule has 1 saturated heterocycles. The zero-order valence-electron chi connectivity index (χ0n) is 8.19. The summed E-state index contributed by atoms with van der Waals surface area (Å²) in [4.78, 5) is 6.30. The number of rotatable bonds is 1. The van der Waals surface area contributed by atoms with Gasteiger partial charge in [0.25, 0.3) is 0 Å². The average molecular weight is 192 g/mol. The number of nitrogens with zero attached hydrogens (tertiary/aromatic N) is 2. The molecule has 1 aliphatic heterocycles. The van der Waals surface area contributed by atoms with Crippen LogP contribution in [0.1, 0.15) is 12.8 Å². The summed E-state index contributed by atoms with van der Waals surface area (Å²) < 4.78 is 0. The summed E-state index contributed by atoms with van der Waals surface area (Å²) in [6.07, 6.45) is 5.77. The van der Waals surface area contributed by atoms with Crippen LogP contribution in [0, 0.1) is 0 Å². The smallest absolute Gasteiger partial charge is 0.0786 e. The Bertz CT molecular complexity index is 313. The van der Waals surface area contributed by atoms with Gasteiger partial charge in [0.2, 0.25) is 0 Å². The summed E-state index contributed by atoms with van der Waals surface area (Å²) in [5.74, 6) is 0. The van der Waals surface area contributed by atoms with E-state index < -0.39 is 0 Å². The van der Waals surface area contributed by atoms with Crippen LogP contribution in [0.3, 0.4) is 0 Å². The van der Waals surface area contributed by atoms with Crippen molar-refractivity contribution < 1.29 is 0 Å². The lowest BCUT2D eigenvalue weighted by Gasteiger charge is -2.32. The Labute approximate surface area is 83.9 Å². The van der Waals surface area contributed by atoms with Crippen molar-refractivity contribution in [2.75, 3.05) is 23.7 Å². The molecule has 76 valence electrons. The third kappa shape index (κ3) is 1.80. The fraction of sp³-hybridized carbons (Fsp3) is 0.500. The van der Waals surface area contributed by atoms with Gasteiger partial charge >= 0.3 is 0 Å².